The van der Waals surface area contributed by atoms with Crippen molar-refractivity contribution < 1.29 is 66.9 Å². The van der Waals surface area contributed by atoms with Gasteiger partial charge in [-0.1, -0.05) is 255 Å². The first kappa shape index (κ1) is 91.8. The van der Waals surface area contributed by atoms with E-state index in [1.165, 1.54) is 46.5 Å². The van der Waals surface area contributed by atoms with Gasteiger partial charge in [-0.15, -0.1) is 0 Å². The van der Waals surface area contributed by atoms with Gasteiger partial charge in [0.15, 0.2) is 0 Å². The second kappa shape index (κ2) is 40.5. The monoisotopic (exact) mass is 1880 g/mol. The molecule has 17 rings (SSSR count). The van der Waals surface area contributed by atoms with Crippen molar-refractivity contribution in [3.8, 4) is 90.5 Å². The first-order chi connectivity index (χ1) is 65.9. The van der Waals surface area contributed by atoms with Crippen LogP contribution in [0.5, 0.6) is 46.0 Å². The van der Waals surface area contributed by atoms with Crippen molar-refractivity contribution in [3.05, 3.63) is 372 Å². The molecule has 4 N–H and O–H groups in total. The van der Waals surface area contributed by atoms with Crippen LogP contribution in [0.15, 0.2) is 338 Å². The van der Waals surface area contributed by atoms with E-state index in [1.54, 1.807) is 84.9 Å². The van der Waals surface area contributed by atoms with E-state index in [-0.39, 0.29) is 195 Å². The van der Waals surface area contributed by atoms with Gasteiger partial charge in [0.2, 0.25) is 11.8 Å². The standard InChI is InChI=1S/C108H82Cl4N10O14/c1-63(109)99(123)115-49-53-119(54-50-116-100(124)64(2)110)107(131)85(57-75-29-17-19-47-113-75)121-103(127)81-59-87(133-77-39-31-71(32-40-77)67-21-9-5-10-22-67)93-95-89(135-79-43-35-73(36-44-79)69-25-13-7-14-26-69)61-83-92-84(106(130)122(105(83)129)86(58-76-30-18-20-48-114-76)108(132)120(55-51-117-101(125)65(3)111)56-52-118-102(126)66(4)112)62-90(136-80-45-37-74(38-46-80)70-27-15-8-16-28-70)96(98(92)95)94-88(60-82(104(121)128)91(81)97(93)94)134-78-41-33-72(34-42-78)68-23-11-6-12-24-68/h5-48,59-62,85-86H,1-4,49-58H2,(H,115,123)(H,116,124)(H,117,125)(H,118,126). The van der Waals surface area contributed by atoms with Crippen LogP contribution in [-0.2, 0) is 41.6 Å². The van der Waals surface area contributed by atoms with E-state index >= 15 is 28.8 Å². The third-order valence-corrected chi connectivity index (χ3v) is 24.1. The Bertz CT molecular complexity index is 6480. The second-order valence-electron chi connectivity index (χ2n) is 32.0. The van der Waals surface area contributed by atoms with E-state index in [2.05, 4.69) is 57.6 Å². The number of imide groups is 2. The van der Waals surface area contributed by atoms with Gasteiger partial charge in [-0.2, -0.15) is 0 Å². The fourth-order valence-electron chi connectivity index (χ4n) is 17.0. The number of pyridine rings is 2. The molecule has 0 bridgehead atoms. The van der Waals surface area contributed by atoms with Crippen LogP contribution in [0.4, 0.5) is 0 Å². The quantitative estimate of drug-likeness (QED) is 0.0123. The molecule has 2 unspecified atom stereocenters. The molecule has 0 aliphatic carbocycles. The smallest absolute Gasteiger partial charge is 0.262 e. The molecule has 676 valence electrons. The van der Waals surface area contributed by atoms with Gasteiger partial charge in [-0.3, -0.25) is 67.7 Å². The molecule has 2 aliphatic heterocycles. The topological polar surface area (TPSA) is 294 Å². The number of hydrogen-bond donors (Lipinski definition) is 4. The average molecular weight is 1890 g/mol. The summed E-state index contributed by atoms with van der Waals surface area (Å²) in [5.41, 5.74) is 6.39. The van der Waals surface area contributed by atoms with Crippen LogP contribution < -0.4 is 40.2 Å². The lowest BCUT2D eigenvalue weighted by Gasteiger charge is -2.37. The number of benzene rings is 13. The van der Waals surface area contributed by atoms with Gasteiger partial charge in [0.25, 0.3) is 47.3 Å². The maximum atomic E-state index is 17.3. The number of ether oxygens (including phenoxy) is 4. The number of carbonyl (C=O) groups is 10. The van der Waals surface area contributed by atoms with Crippen LogP contribution in [-0.4, -0.2) is 153 Å². The Morgan fingerprint density at radius 3 is 0.728 bits per heavy atom. The average Bonchev–Trinajstić information content (AvgIpc) is 0.668. The van der Waals surface area contributed by atoms with Crippen LogP contribution in [0.1, 0.15) is 52.8 Å². The molecule has 0 fully saturated rings. The van der Waals surface area contributed by atoms with Crippen molar-refractivity contribution in [1.29, 1.82) is 0 Å². The van der Waals surface area contributed by atoms with Crippen molar-refractivity contribution in [2.75, 3.05) is 52.4 Å². The minimum absolute atomic E-state index is 0.00262. The Morgan fingerprint density at radius 2 is 0.515 bits per heavy atom. The summed E-state index contributed by atoms with van der Waals surface area (Å²) in [5, 5.41) is 9.81. The summed E-state index contributed by atoms with van der Waals surface area (Å²) in [6.45, 7) is 12.1. The van der Waals surface area contributed by atoms with Gasteiger partial charge < -0.3 is 50.0 Å². The Balaban J connectivity index is 0.982. The zero-order valence-corrected chi connectivity index (χ0v) is 75.7. The summed E-state index contributed by atoms with van der Waals surface area (Å²) in [7, 11) is 0. The highest BCUT2D eigenvalue weighted by Crippen LogP contribution is 2.59. The van der Waals surface area contributed by atoms with Gasteiger partial charge in [-0.05, 0) is 142 Å². The molecule has 24 nitrogen and oxygen atoms in total. The number of rotatable bonds is 36. The van der Waals surface area contributed by atoms with E-state index < -0.39 is 84.0 Å². The number of hydrogen-bond acceptors (Lipinski definition) is 16. The lowest BCUT2D eigenvalue weighted by atomic mass is 9.80. The molecule has 2 aromatic heterocycles. The summed E-state index contributed by atoms with van der Waals surface area (Å²) >= 11 is 24.3. The van der Waals surface area contributed by atoms with Crippen LogP contribution >= 0.6 is 46.4 Å². The lowest BCUT2D eigenvalue weighted by molar-refractivity contribution is -0.136. The molecular formula is C108H82Cl4N10O14. The molecule has 13 aromatic carbocycles. The zero-order valence-electron chi connectivity index (χ0n) is 72.7. The largest absolute Gasteiger partial charge is 0.457 e. The number of amides is 10. The molecule has 10 amide bonds. The van der Waals surface area contributed by atoms with Crippen LogP contribution in [0.25, 0.3) is 87.6 Å². The van der Waals surface area contributed by atoms with E-state index in [4.69, 9.17) is 65.4 Å². The Hall–Kier alpha value is -16.1. The minimum Gasteiger partial charge on any atom is -0.457 e. The van der Waals surface area contributed by atoms with Crippen molar-refractivity contribution in [1.82, 2.24) is 50.8 Å². The normalized spacial score (nSPS) is 12.5. The van der Waals surface area contributed by atoms with Gasteiger partial charge in [0.1, 0.15) is 58.1 Å². The third-order valence-electron chi connectivity index (χ3n) is 23.4. The number of fused-ring (bicyclic) bond motifs is 2. The Labute approximate surface area is 800 Å². The Kier molecular flexibility index (Phi) is 27.3. The molecule has 0 radical (unpaired) electrons. The van der Waals surface area contributed by atoms with Crippen LogP contribution in [0.3, 0.4) is 0 Å². The summed E-state index contributed by atoms with van der Waals surface area (Å²) in [4.78, 5) is 168. The summed E-state index contributed by atoms with van der Waals surface area (Å²) in [5.74, 6) is -8.34. The van der Waals surface area contributed by atoms with E-state index in [9.17, 15) is 19.2 Å². The van der Waals surface area contributed by atoms with Crippen molar-refractivity contribution >= 4 is 149 Å². The predicted octanol–water partition coefficient (Wildman–Crippen LogP) is 19.9. The SMILES string of the molecule is C=C(Cl)C(=O)NCCN(CCNC(=O)C(=C)Cl)C(=O)C(Cc1ccccn1)N1C(=O)c2cc(Oc3ccc(-c4ccccc4)cc3)c3c4c(Oc5ccc(-c6ccccc6)cc5)cc5c6c(cc(Oc7ccc(-c8ccccc8)cc7)c(c7c(Oc8ccc(-c9ccccc9)cc8)cc(c2c37)C1=O)c64)C(=O)N(C(Cc1ccccn1)C(=O)N(CCNC(=O)C(=C)Cl)CCNC(=O)C(=C)Cl)C5=O. The summed E-state index contributed by atoms with van der Waals surface area (Å²) in [6, 6.07) is 79.4. The predicted molar refractivity (Wildman–Crippen MR) is 525 cm³/mol. The molecule has 4 heterocycles. The van der Waals surface area contributed by atoms with Gasteiger partial charge in [0, 0.05) is 132 Å². The fourth-order valence-corrected chi connectivity index (χ4v) is 17.3. The van der Waals surface area contributed by atoms with Crippen LogP contribution in [0, 0.1) is 0 Å². The fraction of sp³-hybridized carbons (Fsp3) is 0.111. The van der Waals surface area contributed by atoms with Gasteiger partial charge in [0.05, 0.1) is 42.4 Å². The van der Waals surface area contributed by atoms with Crippen molar-refractivity contribution in [3.63, 3.8) is 0 Å². The van der Waals surface area contributed by atoms with Crippen LogP contribution in [0.2, 0.25) is 0 Å². The second-order valence-corrected chi connectivity index (χ2v) is 33.8. The molecule has 2 aliphatic rings. The summed E-state index contributed by atoms with van der Waals surface area (Å²) < 4.78 is 29.9. The summed E-state index contributed by atoms with van der Waals surface area (Å²) in [6.07, 6.45) is 2.17. The Morgan fingerprint density at radius 1 is 0.294 bits per heavy atom. The third kappa shape index (κ3) is 19.4. The molecule has 28 heteroatoms. The highest BCUT2D eigenvalue weighted by atomic mass is 35.5. The van der Waals surface area contributed by atoms with Crippen molar-refractivity contribution in [2.45, 2.75) is 24.9 Å². The number of carbonyl (C=O) groups excluding carboxylic acids is 10. The van der Waals surface area contributed by atoms with E-state index in [1.807, 2.05) is 170 Å². The molecule has 0 saturated heterocycles. The molecule has 136 heavy (non-hydrogen) atoms. The molecular weight excluding hydrogens is 1800 g/mol. The first-order valence-electron chi connectivity index (χ1n) is 43.3. The van der Waals surface area contributed by atoms with E-state index in [0.717, 1.165) is 54.3 Å². The lowest BCUT2D eigenvalue weighted by Crippen LogP contribution is -2.57. The molecule has 0 spiro atoms. The highest BCUT2D eigenvalue weighted by molar-refractivity contribution is 6.46. The number of halogens is 4. The van der Waals surface area contributed by atoms with Gasteiger partial charge in [-0.25, -0.2) is 0 Å². The van der Waals surface area contributed by atoms with Crippen molar-refractivity contribution in [2.24, 2.45) is 0 Å². The minimum atomic E-state index is -1.79. The van der Waals surface area contributed by atoms with Gasteiger partial charge >= 0.3 is 0 Å². The molecule has 2 atom stereocenters. The molecule has 0 saturated carbocycles. The maximum Gasteiger partial charge on any atom is 0.262 e. The zero-order chi connectivity index (χ0) is 95.0. The number of nitrogens with one attached hydrogen (secondary N) is 4. The maximum absolute atomic E-state index is 17.3. The van der Waals surface area contributed by atoms with E-state index in [0.29, 0.717) is 0 Å². The highest BCUT2D eigenvalue weighted by Gasteiger charge is 2.48. The number of aromatic nitrogens is 2. The molecule has 15 aromatic rings. The first-order valence-corrected chi connectivity index (χ1v) is 44.8. The number of nitrogens with zero attached hydrogens (tertiary/aromatic N) is 6.